The number of hydrogen-bond donors (Lipinski definition) is 1. The third kappa shape index (κ3) is 4.79. The van der Waals surface area contributed by atoms with Crippen molar-refractivity contribution in [3.8, 4) is 0 Å². The second-order valence-corrected chi connectivity index (χ2v) is 4.92. The molecule has 18 heavy (non-hydrogen) atoms. The van der Waals surface area contributed by atoms with Crippen molar-refractivity contribution in [3.05, 3.63) is 35.4 Å². The lowest BCUT2D eigenvalue weighted by molar-refractivity contribution is 0.291. The zero-order chi connectivity index (χ0) is 13.4. The summed E-state index contributed by atoms with van der Waals surface area (Å²) in [5.74, 6) is 0. The topological polar surface area (TPSA) is 29.3 Å². The van der Waals surface area contributed by atoms with E-state index in [1.165, 1.54) is 17.5 Å². The minimum atomic E-state index is 0.169. The maximum absolute atomic E-state index is 6.29. The van der Waals surface area contributed by atoms with E-state index in [9.17, 15) is 0 Å². The molecular weight excluding hydrogens is 220 g/mol. The summed E-state index contributed by atoms with van der Waals surface area (Å²) in [5, 5.41) is 0. The van der Waals surface area contributed by atoms with Gasteiger partial charge in [-0.05, 0) is 43.6 Å². The van der Waals surface area contributed by atoms with Crippen LogP contribution in [0.4, 0.5) is 0 Å². The molecule has 0 amide bonds. The van der Waals surface area contributed by atoms with Gasteiger partial charge in [-0.15, -0.1) is 0 Å². The molecule has 1 rings (SSSR count). The van der Waals surface area contributed by atoms with Crippen LogP contribution in [0.1, 0.15) is 50.8 Å². The molecule has 2 heteroatoms. The first-order valence-corrected chi connectivity index (χ1v) is 7.28. The van der Waals surface area contributed by atoms with Gasteiger partial charge in [0.1, 0.15) is 0 Å². The number of rotatable bonds is 8. The quantitative estimate of drug-likeness (QED) is 0.764. The van der Waals surface area contributed by atoms with Crippen LogP contribution in [-0.2, 0) is 6.42 Å². The molecule has 2 N–H and O–H groups in total. The van der Waals surface area contributed by atoms with E-state index in [1.807, 2.05) is 0 Å². The van der Waals surface area contributed by atoms with Crippen LogP contribution in [0.25, 0.3) is 0 Å². The van der Waals surface area contributed by atoms with Crippen LogP contribution < -0.4 is 5.73 Å². The van der Waals surface area contributed by atoms with Gasteiger partial charge in [-0.3, -0.25) is 0 Å². The molecule has 0 aliphatic heterocycles. The Morgan fingerprint density at radius 3 is 2.50 bits per heavy atom. The Hall–Kier alpha value is -0.860. The lowest BCUT2D eigenvalue weighted by atomic mass is 10.00. The third-order valence-corrected chi connectivity index (χ3v) is 3.57. The van der Waals surface area contributed by atoms with E-state index in [1.54, 1.807) is 0 Å². The standard InChI is InChI=1S/C16H28N2/c1-4-8-14-9-7-10-15(13-14)16(17)11-12-18(5-2)6-3/h7,9-10,13,16H,4-6,8,11-12,17H2,1-3H3. The average Bonchev–Trinajstić information content (AvgIpc) is 2.40. The van der Waals surface area contributed by atoms with Gasteiger partial charge in [0.25, 0.3) is 0 Å². The van der Waals surface area contributed by atoms with Crippen molar-refractivity contribution >= 4 is 0 Å². The normalized spacial score (nSPS) is 12.9. The molecule has 1 atom stereocenters. The molecule has 0 bridgehead atoms. The second-order valence-electron chi connectivity index (χ2n) is 4.92. The fraction of sp³-hybridized carbons (Fsp3) is 0.625. The van der Waals surface area contributed by atoms with Gasteiger partial charge in [-0.2, -0.15) is 0 Å². The minimum Gasteiger partial charge on any atom is -0.324 e. The summed E-state index contributed by atoms with van der Waals surface area (Å²) in [6.07, 6.45) is 3.38. The van der Waals surface area contributed by atoms with Crippen molar-refractivity contribution in [2.75, 3.05) is 19.6 Å². The van der Waals surface area contributed by atoms with E-state index in [0.29, 0.717) is 0 Å². The Balaban J connectivity index is 2.54. The Morgan fingerprint density at radius 1 is 1.17 bits per heavy atom. The summed E-state index contributed by atoms with van der Waals surface area (Å²) in [6, 6.07) is 8.94. The van der Waals surface area contributed by atoms with E-state index in [4.69, 9.17) is 5.73 Å². The van der Waals surface area contributed by atoms with Gasteiger partial charge >= 0.3 is 0 Å². The summed E-state index contributed by atoms with van der Waals surface area (Å²) >= 11 is 0. The molecule has 0 aliphatic rings. The van der Waals surface area contributed by atoms with E-state index in [2.05, 4.69) is 49.9 Å². The van der Waals surface area contributed by atoms with Crippen LogP contribution in [0.15, 0.2) is 24.3 Å². The summed E-state index contributed by atoms with van der Waals surface area (Å²) < 4.78 is 0. The van der Waals surface area contributed by atoms with Gasteiger partial charge in [0, 0.05) is 6.04 Å². The molecule has 0 spiro atoms. The summed E-state index contributed by atoms with van der Waals surface area (Å²) in [7, 11) is 0. The lowest BCUT2D eigenvalue weighted by Gasteiger charge is -2.21. The van der Waals surface area contributed by atoms with E-state index in [-0.39, 0.29) is 6.04 Å². The van der Waals surface area contributed by atoms with Crippen LogP contribution in [-0.4, -0.2) is 24.5 Å². The van der Waals surface area contributed by atoms with Crippen LogP contribution in [0, 0.1) is 0 Å². The lowest BCUT2D eigenvalue weighted by Crippen LogP contribution is -2.27. The van der Waals surface area contributed by atoms with Crippen LogP contribution in [0.2, 0.25) is 0 Å². The molecule has 0 saturated carbocycles. The number of hydrogen-bond acceptors (Lipinski definition) is 2. The van der Waals surface area contributed by atoms with Crippen molar-refractivity contribution < 1.29 is 0 Å². The highest BCUT2D eigenvalue weighted by Crippen LogP contribution is 2.17. The molecular formula is C16H28N2. The highest BCUT2D eigenvalue weighted by Gasteiger charge is 2.08. The first kappa shape index (κ1) is 15.2. The van der Waals surface area contributed by atoms with Crippen LogP contribution in [0.5, 0.6) is 0 Å². The molecule has 1 aromatic rings. The zero-order valence-corrected chi connectivity index (χ0v) is 12.2. The second kappa shape index (κ2) is 8.28. The molecule has 1 aromatic carbocycles. The Kier molecular flexibility index (Phi) is 6.99. The van der Waals surface area contributed by atoms with Crippen molar-refractivity contribution in [3.63, 3.8) is 0 Å². The van der Waals surface area contributed by atoms with E-state index in [0.717, 1.165) is 32.5 Å². The first-order chi connectivity index (χ1) is 8.71. The monoisotopic (exact) mass is 248 g/mol. The van der Waals surface area contributed by atoms with Gasteiger partial charge in [-0.25, -0.2) is 0 Å². The Morgan fingerprint density at radius 2 is 1.89 bits per heavy atom. The van der Waals surface area contributed by atoms with E-state index >= 15 is 0 Å². The van der Waals surface area contributed by atoms with Gasteiger partial charge < -0.3 is 10.6 Å². The Labute approximate surface area is 112 Å². The third-order valence-electron chi connectivity index (χ3n) is 3.57. The highest BCUT2D eigenvalue weighted by molar-refractivity contribution is 5.26. The fourth-order valence-electron chi connectivity index (χ4n) is 2.30. The minimum absolute atomic E-state index is 0.169. The van der Waals surface area contributed by atoms with Crippen LogP contribution in [0.3, 0.4) is 0 Å². The SMILES string of the molecule is CCCc1cccc(C(N)CCN(CC)CC)c1. The molecule has 0 radical (unpaired) electrons. The Bertz CT molecular complexity index is 332. The molecule has 2 nitrogen and oxygen atoms in total. The fourth-order valence-corrected chi connectivity index (χ4v) is 2.30. The van der Waals surface area contributed by atoms with Gasteiger partial charge in [-0.1, -0.05) is 51.5 Å². The number of nitrogens with zero attached hydrogens (tertiary/aromatic N) is 1. The number of aryl methyl sites for hydroxylation is 1. The summed E-state index contributed by atoms with van der Waals surface area (Å²) in [6.45, 7) is 9.94. The zero-order valence-electron chi connectivity index (χ0n) is 12.2. The van der Waals surface area contributed by atoms with Gasteiger partial charge in [0.15, 0.2) is 0 Å². The smallest absolute Gasteiger partial charge is 0.0307 e. The first-order valence-electron chi connectivity index (χ1n) is 7.28. The van der Waals surface area contributed by atoms with Crippen LogP contribution >= 0.6 is 0 Å². The molecule has 1 unspecified atom stereocenters. The van der Waals surface area contributed by atoms with E-state index < -0.39 is 0 Å². The largest absolute Gasteiger partial charge is 0.324 e. The highest BCUT2D eigenvalue weighted by atomic mass is 15.1. The van der Waals surface area contributed by atoms with Gasteiger partial charge in [0.05, 0.1) is 0 Å². The summed E-state index contributed by atoms with van der Waals surface area (Å²) in [4.78, 5) is 2.43. The molecule has 0 aliphatic carbocycles. The number of benzene rings is 1. The average molecular weight is 248 g/mol. The molecule has 0 heterocycles. The van der Waals surface area contributed by atoms with Gasteiger partial charge in [0.2, 0.25) is 0 Å². The van der Waals surface area contributed by atoms with Crippen molar-refractivity contribution in [1.29, 1.82) is 0 Å². The van der Waals surface area contributed by atoms with Crippen molar-refractivity contribution in [1.82, 2.24) is 4.90 Å². The molecule has 0 saturated heterocycles. The molecule has 102 valence electrons. The summed E-state index contributed by atoms with van der Waals surface area (Å²) in [5.41, 5.74) is 8.99. The molecule has 0 fully saturated rings. The van der Waals surface area contributed by atoms with Crippen molar-refractivity contribution in [2.45, 2.75) is 46.1 Å². The maximum atomic E-state index is 6.29. The van der Waals surface area contributed by atoms with Crippen molar-refractivity contribution in [2.24, 2.45) is 5.73 Å². The predicted molar refractivity (Wildman–Crippen MR) is 79.8 cm³/mol. The molecule has 0 aromatic heterocycles. The number of nitrogens with two attached hydrogens (primary N) is 1. The maximum Gasteiger partial charge on any atom is 0.0307 e. The predicted octanol–water partition coefficient (Wildman–Crippen LogP) is 3.37.